The molecule has 3 aromatic rings. The first-order valence-electron chi connectivity index (χ1n) is 7.21. The Balaban J connectivity index is 2.01. The molecule has 0 saturated carbocycles. The molecule has 0 fully saturated rings. The summed E-state index contributed by atoms with van der Waals surface area (Å²) in [6.45, 7) is 2.03. The Morgan fingerprint density at radius 2 is 2.17 bits per heavy atom. The Labute approximate surface area is 141 Å². The van der Waals surface area contributed by atoms with Crippen molar-refractivity contribution in [1.82, 2.24) is 9.78 Å². The molecule has 0 spiro atoms. The number of carbonyl (C=O) groups excluding carboxylic acids is 1. The van der Waals surface area contributed by atoms with E-state index in [1.165, 1.54) is 6.21 Å². The molecule has 0 amide bonds. The van der Waals surface area contributed by atoms with Gasteiger partial charge in [0.2, 0.25) is 9.81 Å². The zero-order valence-electron chi connectivity index (χ0n) is 12.8. The van der Waals surface area contributed by atoms with Crippen molar-refractivity contribution in [2.75, 3.05) is 6.61 Å². The van der Waals surface area contributed by atoms with E-state index >= 15 is 0 Å². The molecule has 3 rings (SSSR count). The number of para-hydroxylation sites is 1. The number of ether oxygens (including phenoxy) is 1. The Morgan fingerprint density at radius 1 is 1.33 bits per heavy atom. The number of aromatic nitrogens is 2. The number of rotatable bonds is 5. The molecule has 122 valence electrons. The van der Waals surface area contributed by atoms with Crippen LogP contribution in [-0.4, -0.2) is 28.6 Å². The number of nitrogens with zero attached hydrogens (tertiary/aromatic N) is 4. The molecule has 0 radical (unpaired) electrons. The average Bonchev–Trinajstić information content (AvgIpc) is 3.26. The van der Waals surface area contributed by atoms with Crippen LogP contribution >= 0.6 is 11.3 Å². The Kier molecular flexibility index (Phi) is 4.97. The van der Waals surface area contributed by atoms with E-state index in [1.54, 1.807) is 30.0 Å². The highest BCUT2D eigenvalue weighted by Crippen LogP contribution is 2.08. The van der Waals surface area contributed by atoms with Gasteiger partial charge in [0.05, 0.1) is 24.8 Å². The SMILES string of the molecule is CCOC(=O)c1nn(-c2ccccc2)/c(=N/N=C/c2ccco2)s1. The van der Waals surface area contributed by atoms with E-state index in [2.05, 4.69) is 15.3 Å². The van der Waals surface area contributed by atoms with E-state index in [9.17, 15) is 4.79 Å². The summed E-state index contributed by atoms with van der Waals surface area (Å²) < 4.78 is 11.7. The maximum atomic E-state index is 11.9. The minimum atomic E-state index is -0.483. The van der Waals surface area contributed by atoms with Crippen molar-refractivity contribution in [1.29, 1.82) is 0 Å². The lowest BCUT2D eigenvalue weighted by molar-refractivity contribution is 0.0524. The largest absolute Gasteiger partial charge is 0.463 e. The van der Waals surface area contributed by atoms with Crippen LogP contribution in [0, 0.1) is 0 Å². The number of furan rings is 1. The lowest BCUT2D eigenvalue weighted by Crippen LogP contribution is -2.14. The van der Waals surface area contributed by atoms with Gasteiger partial charge in [0.1, 0.15) is 5.76 Å². The van der Waals surface area contributed by atoms with Crippen LogP contribution in [0.15, 0.2) is 63.3 Å². The van der Waals surface area contributed by atoms with Crippen molar-refractivity contribution in [2.45, 2.75) is 6.92 Å². The summed E-state index contributed by atoms with van der Waals surface area (Å²) in [4.78, 5) is 12.4. The summed E-state index contributed by atoms with van der Waals surface area (Å²) in [5.74, 6) is 0.101. The molecule has 2 heterocycles. The summed E-state index contributed by atoms with van der Waals surface area (Å²) in [6, 6.07) is 12.9. The Morgan fingerprint density at radius 3 is 2.88 bits per heavy atom. The fraction of sp³-hybridized carbons (Fsp3) is 0.125. The molecule has 1 aromatic carbocycles. The van der Waals surface area contributed by atoms with Crippen LogP contribution in [0.3, 0.4) is 0 Å². The molecular formula is C16H14N4O3S. The summed E-state index contributed by atoms with van der Waals surface area (Å²) >= 11 is 1.11. The third kappa shape index (κ3) is 3.66. The van der Waals surface area contributed by atoms with E-state index in [1.807, 2.05) is 30.3 Å². The molecule has 24 heavy (non-hydrogen) atoms. The fourth-order valence-electron chi connectivity index (χ4n) is 1.86. The molecule has 0 atom stereocenters. The number of hydrogen-bond donors (Lipinski definition) is 0. The molecule has 2 aromatic heterocycles. The fourth-order valence-corrected chi connectivity index (χ4v) is 2.62. The predicted molar refractivity (Wildman–Crippen MR) is 89.3 cm³/mol. The van der Waals surface area contributed by atoms with Gasteiger partial charge in [-0.15, -0.1) is 10.2 Å². The lowest BCUT2D eigenvalue weighted by atomic mass is 10.3. The highest BCUT2D eigenvalue weighted by atomic mass is 32.1. The van der Waals surface area contributed by atoms with Gasteiger partial charge in [-0.25, -0.2) is 9.48 Å². The third-order valence-corrected chi connectivity index (χ3v) is 3.76. The zero-order valence-corrected chi connectivity index (χ0v) is 13.6. The normalized spacial score (nSPS) is 12.0. The smallest absolute Gasteiger partial charge is 0.369 e. The highest BCUT2D eigenvalue weighted by molar-refractivity contribution is 7.10. The second-order valence-corrected chi connectivity index (χ2v) is 5.47. The van der Waals surface area contributed by atoms with E-state index in [4.69, 9.17) is 9.15 Å². The summed E-state index contributed by atoms with van der Waals surface area (Å²) in [5.41, 5.74) is 0.774. The predicted octanol–water partition coefficient (Wildman–Crippen LogP) is 2.64. The standard InChI is InChI=1S/C16H14N4O3S/c1-2-22-15(21)14-19-20(12-7-4-3-5-8-12)16(24-14)18-17-11-13-9-6-10-23-13/h3-11H,2H2,1H3/b17-11+,18-16-. The topological polar surface area (TPSA) is 82.0 Å². The average molecular weight is 342 g/mol. The first kappa shape index (κ1) is 15.9. The van der Waals surface area contributed by atoms with Crippen LogP contribution < -0.4 is 4.80 Å². The molecule has 0 aliphatic carbocycles. The van der Waals surface area contributed by atoms with Gasteiger partial charge in [-0.05, 0) is 31.2 Å². The molecule has 0 aliphatic heterocycles. The maximum absolute atomic E-state index is 11.9. The van der Waals surface area contributed by atoms with E-state index < -0.39 is 5.97 Å². The van der Waals surface area contributed by atoms with Crippen LogP contribution in [0.25, 0.3) is 5.69 Å². The molecular weight excluding hydrogens is 328 g/mol. The van der Waals surface area contributed by atoms with Crippen LogP contribution in [0.2, 0.25) is 0 Å². The van der Waals surface area contributed by atoms with Gasteiger partial charge in [0, 0.05) is 0 Å². The van der Waals surface area contributed by atoms with Crippen LogP contribution in [0.4, 0.5) is 0 Å². The molecule has 8 heteroatoms. The van der Waals surface area contributed by atoms with Crippen molar-refractivity contribution >= 4 is 23.5 Å². The van der Waals surface area contributed by atoms with Gasteiger partial charge in [-0.1, -0.05) is 29.5 Å². The van der Waals surface area contributed by atoms with Crippen molar-refractivity contribution in [2.24, 2.45) is 10.2 Å². The quantitative estimate of drug-likeness (QED) is 0.405. The second-order valence-electron chi connectivity index (χ2n) is 4.52. The monoisotopic (exact) mass is 342 g/mol. The minimum Gasteiger partial charge on any atom is -0.463 e. The summed E-state index contributed by atoms with van der Waals surface area (Å²) in [5, 5.41) is 12.6. The van der Waals surface area contributed by atoms with Gasteiger partial charge in [0.25, 0.3) is 0 Å². The molecule has 0 bridgehead atoms. The lowest BCUT2D eigenvalue weighted by Gasteiger charge is -1.99. The van der Waals surface area contributed by atoms with E-state index in [0.29, 0.717) is 10.6 Å². The van der Waals surface area contributed by atoms with Crippen LogP contribution in [0.1, 0.15) is 22.5 Å². The maximum Gasteiger partial charge on any atom is 0.369 e. The van der Waals surface area contributed by atoms with Crippen molar-refractivity contribution in [3.63, 3.8) is 0 Å². The van der Waals surface area contributed by atoms with Crippen molar-refractivity contribution in [3.8, 4) is 5.69 Å². The minimum absolute atomic E-state index is 0.215. The third-order valence-electron chi connectivity index (χ3n) is 2.88. The Bertz CT molecular complexity index is 895. The van der Waals surface area contributed by atoms with Gasteiger partial charge in [-0.2, -0.15) is 5.10 Å². The van der Waals surface area contributed by atoms with Crippen molar-refractivity contribution in [3.05, 3.63) is 64.3 Å². The number of esters is 1. The van der Waals surface area contributed by atoms with Crippen LogP contribution in [-0.2, 0) is 4.74 Å². The van der Waals surface area contributed by atoms with Crippen molar-refractivity contribution < 1.29 is 13.9 Å². The first-order chi connectivity index (χ1) is 11.8. The Hall–Kier alpha value is -3.00. The van der Waals surface area contributed by atoms with E-state index in [-0.39, 0.29) is 11.6 Å². The zero-order chi connectivity index (χ0) is 16.8. The summed E-state index contributed by atoms with van der Waals surface area (Å²) in [7, 11) is 0. The summed E-state index contributed by atoms with van der Waals surface area (Å²) in [6.07, 6.45) is 3.04. The first-order valence-corrected chi connectivity index (χ1v) is 8.03. The number of benzene rings is 1. The molecule has 0 saturated heterocycles. The number of hydrogen-bond acceptors (Lipinski definition) is 7. The molecule has 0 aliphatic rings. The molecule has 0 N–H and O–H groups in total. The van der Waals surface area contributed by atoms with E-state index in [0.717, 1.165) is 17.0 Å². The number of carbonyl (C=O) groups is 1. The van der Waals surface area contributed by atoms with Gasteiger partial charge < -0.3 is 9.15 Å². The highest BCUT2D eigenvalue weighted by Gasteiger charge is 2.15. The molecule has 0 unspecified atom stereocenters. The van der Waals surface area contributed by atoms with Crippen LogP contribution in [0.5, 0.6) is 0 Å². The van der Waals surface area contributed by atoms with Gasteiger partial charge in [-0.3, -0.25) is 0 Å². The van der Waals surface area contributed by atoms with Gasteiger partial charge >= 0.3 is 5.97 Å². The van der Waals surface area contributed by atoms with Gasteiger partial charge in [0.15, 0.2) is 0 Å². The second kappa shape index (κ2) is 7.51. The molecule has 7 nitrogen and oxygen atoms in total.